The van der Waals surface area contributed by atoms with E-state index in [9.17, 15) is 4.39 Å². The monoisotopic (exact) mass is 399 g/mol. The number of halogens is 1. The van der Waals surface area contributed by atoms with Crippen LogP contribution >= 0.6 is 0 Å². The lowest BCUT2D eigenvalue weighted by Gasteiger charge is -2.33. The highest BCUT2D eigenvalue weighted by atomic mass is 19.1. The average Bonchev–Trinajstić information content (AvgIpc) is 2.79. The average molecular weight is 399 g/mol. The van der Waals surface area contributed by atoms with E-state index in [-0.39, 0.29) is 11.9 Å². The van der Waals surface area contributed by atoms with Crippen LogP contribution in [-0.4, -0.2) is 34.1 Å². The summed E-state index contributed by atoms with van der Waals surface area (Å²) < 4.78 is 14.2. The van der Waals surface area contributed by atoms with Gasteiger partial charge in [0.15, 0.2) is 5.82 Å². The maximum atomic E-state index is 14.2. The van der Waals surface area contributed by atoms with E-state index in [1.807, 2.05) is 24.4 Å². The molecular formula is C24H22FN5. The Morgan fingerprint density at radius 3 is 2.73 bits per heavy atom. The number of benzene rings is 2. The molecule has 2 aromatic carbocycles. The third-order valence-corrected chi connectivity index (χ3v) is 5.58. The van der Waals surface area contributed by atoms with E-state index >= 15 is 0 Å². The Hall–Kier alpha value is -3.38. The van der Waals surface area contributed by atoms with Crippen LogP contribution in [0.5, 0.6) is 0 Å². The summed E-state index contributed by atoms with van der Waals surface area (Å²) in [6.07, 6.45) is 5.65. The maximum absolute atomic E-state index is 14.2. The Balaban J connectivity index is 1.58. The molecule has 1 saturated heterocycles. The quantitative estimate of drug-likeness (QED) is 0.552. The summed E-state index contributed by atoms with van der Waals surface area (Å²) in [5.74, 6) is 0.261. The first kappa shape index (κ1) is 18.6. The Bertz CT molecular complexity index is 1210. The summed E-state index contributed by atoms with van der Waals surface area (Å²) >= 11 is 0. The number of anilines is 1. The van der Waals surface area contributed by atoms with Gasteiger partial charge < -0.3 is 10.6 Å². The summed E-state index contributed by atoms with van der Waals surface area (Å²) in [5.41, 5.74) is 10.1. The van der Waals surface area contributed by atoms with Gasteiger partial charge in [0.25, 0.3) is 0 Å². The summed E-state index contributed by atoms with van der Waals surface area (Å²) in [6, 6.07) is 16.6. The number of aromatic nitrogens is 3. The number of hydrogen-bond donors (Lipinski definition) is 1. The van der Waals surface area contributed by atoms with Crippen molar-refractivity contribution >= 4 is 16.6 Å². The maximum Gasteiger partial charge on any atom is 0.159 e. The minimum atomic E-state index is -0.298. The predicted octanol–water partition coefficient (Wildman–Crippen LogP) is 4.43. The molecule has 1 fully saturated rings. The number of pyridine rings is 1. The molecule has 150 valence electrons. The number of piperidine rings is 1. The van der Waals surface area contributed by atoms with E-state index in [4.69, 9.17) is 5.73 Å². The molecule has 0 amide bonds. The Kier molecular flexibility index (Phi) is 4.85. The fourth-order valence-electron chi connectivity index (χ4n) is 4.09. The lowest BCUT2D eigenvalue weighted by Crippen LogP contribution is -2.42. The molecular weight excluding hydrogens is 377 g/mol. The molecule has 1 aliphatic heterocycles. The molecule has 5 nitrogen and oxygen atoms in total. The minimum absolute atomic E-state index is 0.186. The van der Waals surface area contributed by atoms with Crippen LogP contribution in [0.3, 0.4) is 0 Å². The number of hydrogen-bond acceptors (Lipinski definition) is 5. The zero-order valence-corrected chi connectivity index (χ0v) is 16.5. The lowest BCUT2D eigenvalue weighted by atomic mass is 10.0. The van der Waals surface area contributed by atoms with E-state index < -0.39 is 0 Å². The van der Waals surface area contributed by atoms with Crippen molar-refractivity contribution in [1.82, 2.24) is 15.0 Å². The van der Waals surface area contributed by atoms with Gasteiger partial charge in [0.1, 0.15) is 5.82 Å². The van der Waals surface area contributed by atoms with Crippen molar-refractivity contribution in [2.45, 2.75) is 18.9 Å². The second-order valence-electron chi connectivity index (χ2n) is 7.66. The lowest BCUT2D eigenvalue weighted by molar-refractivity contribution is 0.507. The molecule has 3 heterocycles. The summed E-state index contributed by atoms with van der Waals surface area (Å²) in [4.78, 5) is 15.9. The number of rotatable bonds is 3. The van der Waals surface area contributed by atoms with E-state index in [0.29, 0.717) is 17.1 Å². The Morgan fingerprint density at radius 2 is 1.87 bits per heavy atom. The van der Waals surface area contributed by atoms with Crippen molar-refractivity contribution in [3.05, 3.63) is 72.8 Å². The largest absolute Gasteiger partial charge is 0.369 e. The van der Waals surface area contributed by atoms with Gasteiger partial charge in [0.05, 0.1) is 11.2 Å². The highest BCUT2D eigenvalue weighted by Gasteiger charge is 2.19. The van der Waals surface area contributed by atoms with Crippen LogP contribution in [0.15, 0.2) is 67.0 Å². The van der Waals surface area contributed by atoms with Gasteiger partial charge >= 0.3 is 0 Å². The van der Waals surface area contributed by atoms with Crippen LogP contribution in [0.2, 0.25) is 0 Å². The standard InChI is InChI=1S/C24H22FN5/c25-20-6-2-1-5-18(20)22-9-11-28-24(29-22)16-7-8-21-19(14-16)23(10-12-27-21)30-13-3-4-17(26)15-30/h1-2,5-12,14,17H,3-4,13,15,26H2/t17-/m0/s1. The second-order valence-corrected chi connectivity index (χ2v) is 7.66. The van der Waals surface area contributed by atoms with E-state index in [2.05, 4.69) is 25.9 Å². The van der Waals surface area contributed by atoms with E-state index in [1.165, 1.54) is 6.07 Å². The van der Waals surface area contributed by atoms with Crippen molar-refractivity contribution in [3.63, 3.8) is 0 Å². The molecule has 2 N–H and O–H groups in total. The zero-order chi connectivity index (χ0) is 20.5. The molecule has 0 radical (unpaired) electrons. The Morgan fingerprint density at radius 1 is 1.00 bits per heavy atom. The first-order chi connectivity index (χ1) is 14.7. The molecule has 0 bridgehead atoms. The minimum Gasteiger partial charge on any atom is -0.369 e. The van der Waals surface area contributed by atoms with Gasteiger partial charge in [-0.25, -0.2) is 14.4 Å². The fraction of sp³-hybridized carbons (Fsp3) is 0.208. The first-order valence-electron chi connectivity index (χ1n) is 10.2. The van der Waals surface area contributed by atoms with Crippen LogP contribution in [-0.2, 0) is 0 Å². The molecule has 0 saturated carbocycles. The molecule has 1 atom stereocenters. The zero-order valence-electron chi connectivity index (χ0n) is 16.5. The topological polar surface area (TPSA) is 67.9 Å². The highest BCUT2D eigenvalue weighted by Crippen LogP contribution is 2.31. The smallest absolute Gasteiger partial charge is 0.159 e. The van der Waals surface area contributed by atoms with Crippen LogP contribution < -0.4 is 10.6 Å². The summed E-state index contributed by atoms with van der Waals surface area (Å²) in [5, 5.41) is 1.05. The third kappa shape index (κ3) is 3.50. The van der Waals surface area contributed by atoms with Crippen molar-refractivity contribution < 1.29 is 4.39 Å². The Labute approximate surface area is 174 Å². The van der Waals surface area contributed by atoms with Gasteiger partial charge in [0.2, 0.25) is 0 Å². The molecule has 30 heavy (non-hydrogen) atoms. The molecule has 0 spiro atoms. The third-order valence-electron chi connectivity index (χ3n) is 5.58. The van der Waals surface area contributed by atoms with Gasteiger partial charge in [-0.1, -0.05) is 12.1 Å². The van der Waals surface area contributed by atoms with Crippen molar-refractivity contribution in [2.75, 3.05) is 18.0 Å². The molecule has 5 rings (SSSR count). The van der Waals surface area contributed by atoms with E-state index in [0.717, 1.165) is 48.1 Å². The SMILES string of the molecule is N[C@H]1CCCN(c2ccnc3ccc(-c4nccc(-c5ccccc5F)n4)cc23)C1. The van der Waals surface area contributed by atoms with E-state index in [1.54, 1.807) is 30.5 Å². The van der Waals surface area contributed by atoms with Crippen molar-refractivity contribution in [3.8, 4) is 22.6 Å². The molecule has 4 aromatic rings. The molecule has 0 aliphatic carbocycles. The van der Waals surface area contributed by atoms with Gasteiger partial charge in [-0.2, -0.15) is 0 Å². The molecule has 6 heteroatoms. The highest BCUT2D eigenvalue weighted by molar-refractivity contribution is 5.94. The van der Waals surface area contributed by atoms with Crippen LogP contribution in [0.1, 0.15) is 12.8 Å². The predicted molar refractivity (Wildman–Crippen MR) is 118 cm³/mol. The summed E-state index contributed by atoms with van der Waals surface area (Å²) in [7, 11) is 0. The normalized spacial score (nSPS) is 16.7. The summed E-state index contributed by atoms with van der Waals surface area (Å²) in [6.45, 7) is 1.82. The second kappa shape index (κ2) is 7.80. The van der Waals surface area contributed by atoms with Crippen molar-refractivity contribution in [2.24, 2.45) is 5.73 Å². The number of fused-ring (bicyclic) bond motifs is 1. The fourth-order valence-corrected chi connectivity index (χ4v) is 4.09. The van der Waals surface area contributed by atoms with Gasteiger partial charge in [-0.15, -0.1) is 0 Å². The van der Waals surface area contributed by atoms with Gasteiger partial charge in [0, 0.05) is 53.7 Å². The number of nitrogens with zero attached hydrogens (tertiary/aromatic N) is 4. The molecule has 2 aromatic heterocycles. The van der Waals surface area contributed by atoms with Gasteiger partial charge in [-0.05, 0) is 55.3 Å². The van der Waals surface area contributed by atoms with Crippen LogP contribution in [0.25, 0.3) is 33.5 Å². The van der Waals surface area contributed by atoms with Crippen LogP contribution in [0.4, 0.5) is 10.1 Å². The first-order valence-corrected chi connectivity index (χ1v) is 10.2. The molecule has 1 aliphatic rings. The van der Waals surface area contributed by atoms with Crippen molar-refractivity contribution in [1.29, 1.82) is 0 Å². The number of nitrogens with two attached hydrogens (primary N) is 1. The molecule has 0 unspecified atom stereocenters. The van der Waals surface area contributed by atoms with Gasteiger partial charge in [-0.3, -0.25) is 4.98 Å². The van der Waals surface area contributed by atoms with Crippen LogP contribution in [0, 0.1) is 5.82 Å².